The van der Waals surface area contributed by atoms with Crippen molar-refractivity contribution >= 4 is 17.8 Å². The molecule has 1 heterocycles. The number of nitrogens with zero attached hydrogens (tertiary/aromatic N) is 1. The van der Waals surface area contributed by atoms with E-state index in [1.54, 1.807) is 4.90 Å². The van der Waals surface area contributed by atoms with E-state index < -0.39 is 0 Å². The summed E-state index contributed by atoms with van der Waals surface area (Å²) in [6.45, 7) is 4.18. The van der Waals surface area contributed by atoms with Crippen molar-refractivity contribution in [3.05, 3.63) is 29.8 Å². The van der Waals surface area contributed by atoms with Crippen LogP contribution >= 0.6 is 0 Å². The highest BCUT2D eigenvalue weighted by Crippen LogP contribution is 2.15. The van der Waals surface area contributed by atoms with E-state index in [4.69, 9.17) is 4.74 Å². The summed E-state index contributed by atoms with van der Waals surface area (Å²) >= 11 is 0. The Morgan fingerprint density at radius 1 is 1.45 bits per heavy atom. The monoisotopic (exact) mass is 277 g/mol. The van der Waals surface area contributed by atoms with Crippen molar-refractivity contribution in [3.8, 4) is 0 Å². The van der Waals surface area contributed by atoms with Crippen LogP contribution in [0.25, 0.3) is 0 Å². The van der Waals surface area contributed by atoms with Gasteiger partial charge >= 0.3 is 12.1 Å². The number of amides is 3. The van der Waals surface area contributed by atoms with Crippen molar-refractivity contribution in [1.82, 2.24) is 10.2 Å². The first-order valence-corrected chi connectivity index (χ1v) is 6.74. The molecule has 0 spiro atoms. The van der Waals surface area contributed by atoms with Gasteiger partial charge in [-0.3, -0.25) is 0 Å². The fraction of sp³-hybridized carbons (Fsp3) is 0.429. The molecule has 6 nitrogen and oxygen atoms in total. The molecule has 0 unspecified atom stereocenters. The van der Waals surface area contributed by atoms with Crippen LogP contribution < -0.4 is 10.6 Å². The Hall–Kier alpha value is -2.24. The summed E-state index contributed by atoms with van der Waals surface area (Å²) in [5.74, 6) is 0. The highest BCUT2D eigenvalue weighted by molar-refractivity contribution is 5.89. The lowest BCUT2D eigenvalue weighted by Gasteiger charge is -2.13. The van der Waals surface area contributed by atoms with Crippen LogP contribution in [0.4, 0.5) is 15.3 Å². The van der Waals surface area contributed by atoms with Crippen LogP contribution in [0.15, 0.2) is 24.3 Å². The number of anilines is 1. The van der Waals surface area contributed by atoms with Gasteiger partial charge in [-0.15, -0.1) is 0 Å². The minimum absolute atomic E-state index is 0.218. The summed E-state index contributed by atoms with van der Waals surface area (Å²) in [6.07, 6.45) is 0.605. The first kappa shape index (κ1) is 14.2. The number of hydrogen-bond donors (Lipinski definition) is 2. The number of urea groups is 1. The third-order valence-electron chi connectivity index (χ3n) is 2.94. The van der Waals surface area contributed by atoms with Gasteiger partial charge in [-0.2, -0.15) is 0 Å². The van der Waals surface area contributed by atoms with Gasteiger partial charge in [0.05, 0.1) is 6.54 Å². The lowest BCUT2D eigenvalue weighted by atomic mass is 10.2. The fourth-order valence-corrected chi connectivity index (χ4v) is 1.95. The van der Waals surface area contributed by atoms with Crippen molar-refractivity contribution in [1.29, 1.82) is 0 Å². The lowest BCUT2D eigenvalue weighted by molar-refractivity contribution is 0.157. The Morgan fingerprint density at radius 2 is 2.30 bits per heavy atom. The number of ether oxygens (including phenoxy) is 1. The van der Waals surface area contributed by atoms with Crippen LogP contribution in [-0.2, 0) is 11.3 Å². The summed E-state index contributed by atoms with van der Waals surface area (Å²) in [5.41, 5.74) is 1.67. The molecule has 1 saturated heterocycles. The zero-order chi connectivity index (χ0) is 14.4. The van der Waals surface area contributed by atoms with Crippen LogP contribution in [0.3, 0.4) is 0 Å². The molecule has 0 radical (unpaired) electrons. The maximum absolute atomic E-state index is 11.6. The van der Waals surface area contributed by atoms with Crippen LogP contribution in [0, 0.1) is 0 Å². The topological polar surface area (TPSA) is 70.7 Å². The summed E-state index contributed by atoms with van der Waals surface area (Å²) in [7, 11) is 0. The predicted molar refractivity (Wildman–Crippen MR) is 75.5 cm³/mol. The maximum Gasteiger partial charge on any atom is 0.410 e. The molecule has 0 saturated carbocycles. The van der Waals surface area contributed by atoms with Gasteiger partial charge in [0.25, 0.3) is 0 Å². The molecule has 3 amide bonds. The summed E-state index contributed by atoms with van der Waals surface area (Å²) in [6, 6.07) is 7.23. The van der Waals surface area contributed by atoms with E-state index in [1.807, 2.05) is 31.2 Å². The van der Waals surface area contributed by atoms with E-state index in [0.717, 1.165) is 12.0 Å². The number of carbonyl (C=O) groups is 2. The van der Waals surface area contributed by atoms with Crippen LogP contribution in [0.1, 0.15) is 18.9 Å². The Kier molecular flexibility index (Phi) is 4.81. The molecule has 1 fully saturated rings. The molecule has 0 aromatic heterocycles. The summed E-state index contributed by atoms with van der Waals surface area (Å²) < 4.78 is 4.88. The Morgan fingerprint density at radius 3 is 3.00 bits per heavy atom. The quantitative estimate of drug-likeness (QED) is 0.866. The second-order valence-electron chi connectivity index (χ2n) is 4.62. The number of hydrogen-bond acceptors (Lipinski definition) is 3. The van der Waals surface area contributed by atoms with Crippen LogP contribution in [-0.4, -0.2) is 36.7 Å². The van der Waals surface area contributed by atoms with Crippen molar-refractivity contribution in [2.45, 2.75) is 19.9 Å². The minimum Gasteiger partial charge on any atom is -0.448 e. The zero-order valence-electron chi connectivity index (χ0n) is 11.5. The lowest BCUT2D eigenvalue weighted by Crippen LogP contribution is -2.29. The minimum atomic E-state index is -0.288. The Balaban J connectivity index is 1.93. The Labute approximate surface area is 118 Å². The van der Waals surface area contributed by atoms with Gasteiger partial charge in [0.15, 0.2) is 0 Å². The first-order valence-electron chi connectivity index (χ1n) is 6.74. The number of rotatable bonds is 5. The molecule has 108 valence electrons. The number of carbonyl (C=O) groups excluding carboxylic acids is 2. The van der Waals surface area contributed by atoms with Gasteiger partial charge in [0.1, 0.15) is 6.61 Å². The first-order chi connectivity index (χ1) is 9.69. The van der Waals surface area contributed by atoms with Gasteiger partial charge in [-0.25, -0.2) is 9.59 Å². The SMILES string of the molecule is CCCNC(=O)Nc1cccc(CN2CCOC2=O)c1. The molecule has 1 aromatic rings. The van der Waals surface area contributed by atoms with E-state index in [2.05, 4.69) is 10.6 Å². The summed E-state index contributed by atoms with van der Waals surface area (Å²) in [5, 5.41) is 5.51. The van der Waals surface area contributed by atoms with Crippen molar-refractivity contribution in [3.63, 3.8) is 0 Å². The molecule has 1 aliphatic rings. The van der Waals surface area contributed by atoms with Crippen molar-refractivity contribution in [2.75, 3.05) is 25.0 Å². The van der Waals surface area contributed by atoms with Gasteiger partial charge in [-0.1, -0.05) is 19.1 Å². The normalized spacial score (nSPS) is 14.1. The molecule has 2 N–H and O–H groups in total. The molecule has 6 heteroatoms. The second kappa shape index (κ2) is 6.79. The molecule has 0 aliphatic carbocycles. The molecule has 0 bridgehead atoms. The fourth-order valence-electron chi connectivity index (χ4n) is 1.95. The van der Waals surface area contributed by atoms with Gasteiger partial charge in [0, 0.05) is 18.8 Å². The Bertz CT molecular complexity index is 490. The highest BCUT2D eigenvalue weighted by Gasteiger charge is 2.21. The largest absolute Gasteiger partial charge is 0.448 e. The smallest absolute Gasteiger partial charge is 0.410 e. The van der Waals surface area contributed by atoms with Crippen molar-refractivity contribution < 1.29 is 14.3 Å². The third-order valence-corrected chi connectivity index (χ3v) is 2.94. The molecule has 20 heavy (non-hydrogen) atoms. The molecule has 1 aromatic carbocycles. The molecule has 0 atom stereocenters. The standard InChI is InChI=1S/C14H19N3O3/c1-2-6-15-13(18)16-12-5-3-4-11(9-12)10-17-7-8-20-14(17)19/h3-5,9H,2,6-8,10H2,1H3,(H2,15,16,18). The zero-order valence-corrected chi connectivity index (χ0v) is 11.5. The van der Waals surface area contributed by atoms with E-state index in [9.17, 15) is 9.59 Å². The van der Waals surface area contributed by atoms with Gasteiger partial charge in [-0.05, 0) is 24.1 Å². The number of benzene rings is 1. The average molecular weight is 277 g/mol. The van der Waals surface area contributed by atoms with E-state index in [-0.39, 0.29) is 12.1 Å². The predicted octanol–water partition coefficient (Wildman–Crippen LogP) is 2.17. The van der Waals surface area contributed by atoms with Crippen LogP contribution in [0.2, 0.25) is 0 Å². The van der Waals surface area contributed by atoms with Gasteiger partial charge < -0.3 is 20.3 Å². The molecule has 2 rings (SSSR count). The average Bonchev–Trinajstić information content (AvgIpc) is 2.82. The molecular formula is C14H19N3O3. The highest BCUT2D eigenvalue weighted by atomic mass is 16.6. The van der Waals surface area contributed by atoms with Crippen LogP contribution in [0.5, 0.6) is 0 Å². The second-order valence-corrected chi connectivity index (χ2v) is 4.62. The van der Waals surface area contributed by atoms with E-state index >= 15 is 0 Å². The molecular weight excluding hydrogens is 258 g/mol. The maximum atomic E-state index is 11.6. The summed E-state index contributed by atoms with van der Waals surface area (Å²) in [4.78, 5) is 24.6. The van der Waals surface area contributed by atoms with Gasteiger partial charge in [0.2, 0.25) is 0 Å². The number of nitrogens with one attached hydrogen (secondary N) is 2. The van der Waals surface area contributed by atoms with E-state index in [0.29, 0.717) is 31.9 Å². The van der Waals surface area contributed by atoms with Crippen molar-refractivity contribution in [2.24, 2.45) is 0 Å². The number of cyclic esters (lactones) is 1. The third kappa shape index (κ3) is 3.88. The van der Waals surface area contributed by atoms with E-state index in [1.165, 1.54) is 0 Å². The molecule has 1 aliphatic heterocycles.